The van der Waals surface area contributed by atoms with Crippen molar-refractivity contribution in [2.75, 3.05) is 11.1 Å². The zero-order valence-corrected chi connectivity index (χ0v) is 12.2. The summed E-state index contributed by atoms with van der Waals surface area (Å²) in [6.45, 7) is 0. The SMILES string of the molecule is Nc1cc(Cl)c(Cl)c(C(=O)Nc2c(F)cccc2Cl)c1. The van der Waals surface area contributed by atoms with Crippen molar-refractivity contribution >= 4 is 52.1 Å². The Balaban J connectivity index is 2.39. The summed E-state index contributed by atoms with van der Waals surface area (Å²) < 4.78 is 13.6. The van der Waals surface area contributed by atoms with Gasteiger partial charge in [-0.05, 0) is 24.3 Å². The average molecular weight is 334 g/mol. The predicted molar refractivity (Wildman–Crippen MR) is 80.2 cm³/mol. The van der Waals surface area contributed by atoms with E-state index < -0.39 is 11.7 Å². The molecule has 2 rings (SSSR count). The van der Waals surface area contributed by atoms with Crippen molar-refractivity contribution in [3.05, 3.63) is 56.8 Å². The second kappa shape index (κ2) is 5.87. The standard InChI is InChI=1S/C13H8Cl3FN2O/c14-8-2-1-3-10(17)12(8)19-13(20)7-4-6(18)5-9(15)11(7)16/h1-5H,18H2,(H,19,20). The number of amides is 1. The quantitative estimate of drug-likeness (QED) is 0.788. The summed E-state index contributed by atoms with van der Waals surface area (Å²) in [6.07, 6.45) is 0. The maximum absolute atomic E-state index is 13.6. The van der Waals surface area contributed by atoms with Gasteiger partial charge in [0, 0.05) is 5.69 Å². The van der Waals surface area contributed by atoms with Crippen molar-refractivity contribution in [3.8, 4) is 0 Å². The third-order valence-corrected chi connectivity index (χ3v) is 3.61. The van der Waals surface area contributed by atoms with Crippen LogP contribution in [0, 0.1) is 5.82 Å². The van der Waals surface area contributed by atoms with Gasteiger partial charge in [-0.3, -0.25) is 4.79 Å². The molecule has 104 valence electrons. The van der Waals surface area contributed by atoms with Crippen LogP contribution in [0.3, 0.4) is 0 Å². The second-order valence-electron chi connectivity index (χ2n) is 3.92. The van der Waals surface area contributed by atoms with Gasteiger partial charge in [-0.1, -0.05) is 40.9 Å². The molecule has 0 aliphatic carbocycles. The van der Waals surface area contributed by atoms with Gasteiger partial charge in [-0.15, -0.1) is 0 Å². The van der Waals surface area contributed by atoms with Gasteiger partial charge in [-0.2, -0.15) is 0 Å². The van der Waals surface area contributed by atoms with Crippen molar-refractivity contribution in [1.82, 2.24) is 0 Å². The van der Waals surface area contributed by atoms with Gasteiger partial charge in [0.05, 0.1) is 26.3 Å². The summed E-state index contributed by atoms with van der Waals surface area (Å²) in [6, 6.07) is 6.82. The van der Waals surface area contributed by atoms with Crippen molar-refractivity contribution < 1.29 is 9.18 Å². The maximum Gasteiger partial charge on any atom is 0.257 e. The highest BCUT2D eigenvalue weighted by atomic mass is 35.5. The lowest BCUT2D eigenvalue weighted by atomic mass is 10.1. The molecule has 0 spiro atoms. The highest BCUT2D eigenvalue weighted by Crippen LogP contribution is 2.31. The molecule has 0 atom stereocenters. The average Bonchev–Trinajstić information content (AvgIpc) is 2.38. The third kappa shape index (κ3) is 2.98. The summed E-state index contributed by atoms with van der Waals surface area (Å²) in [5.41, 5.74) is 5.77. The van der Waals surface area contributed by atoms with Crippen LogP contribution < -0.4 is 11.1 Å². The summed E-state index contributed by atoms with van der Waals surface area (Å²) in [4.78, 5) is 12.1. The molecule has 0 aliphatic heterocycles. The van der Waals surface area contributed by atoms with Crippen molar-refractivity contribution in [3.63, 3.8) is 0 Å². The van der Waals surface area contributed by atoms with Gasteiger partial charge in [0.15, 0.2) is 0 Å². The van der Waals surface area contributed by atoms with Crippen LogP contribution >= 0.6 is 34.8 Å². The number of carbonyl (C=O) groups is 1. The molecule has 3 N–H and O–H groups in total. The number of para-hydroxylation sites is 1. The van der Waals surface area contributed by atoms with Crippen LogP contribution in [0.5, 0.6) is 0 Å². The normalized spacial score (nSPS) is 10.4. The Bertz CT molecular complexity index is 671. The molecule has 1 amide bonds. The first kappa shape index (κ1) is 14.9. The van der Waals surface area contributed by atoms with Gasteiger partial charge < -0.3 is 11.1 Å². The molecule has 7 heteroatoms. The summed E-state index contributed by atoms with van der Waals surface area (Å²) in [5.74, 6) is -1.31. The third-order valence-electron chi connectivity index (χ3n) is 2.50. The van der Waals surface area contributed by atoms with E-state index >= 15 is 0 Å². The molecule has 0 heterocycles. The molecule has 0 fully saturated rings. The number of nitrogens with one attached hydrogen (secondary N) is 1. The Morgan fingerprint density at radius 1 is 1.15 bits per heavy atom. The highest BCUT2D eigenvalue weighted by molar-refractivity contribution is 6.44. The Morgan fingerprint density at radius 3 is 2.50 bits per heavy atom. The Hall–Kier alpha value is -1.49. The fourth-order valence-corrected chi connectivity index (χ4v) is 2.21. The topological polar surface area (TPSA) is 55.1 Å². The number of nitrogens with two attached hydrogens (primary N) is 1. The van der Waals surface area contributed by atoms with Crippen LogP contribution in [0.15, 0.2) is 30.3 Å². The maximum atomic E-state index is 13.6. The lowest BCUT2D eigenvalue weighted by molar-refractivity contribution is 0.102. The number of rotatable bonds is 2. The van der Waals surface area contributed by atoms with E-state index in [-0.39, 0.29) is 32.0 Å². The Labute approximate surface area is 129 Å². The zero-order valence-electron chi connectivity index (χ0n) is 9.88. The largest absolute Gasteiger partial charge is 0.399 e. The molecular weight excluding hydrogens is 326 g/mol. The Morgan fingerprint density at radius 2 is 1.85 bits per heavy atom. The highest BCUT2D eigenvalue weighted by Gasteiger charge is 2.17. The fraction of sp³-hybridized carbons (Fsp3) is 0. The monoisotopic (exact) mass is 332 g/mol. The van der Waals surface area contributed by atoms with Gasteiger partial charge in [0.25, 0.3) is 5.91 Å². The molecular formula is C13H8Cl3FN2O. The van der Waals surface area contributed by atoms with E-state index in [1.807, 2.05) is 0 Å². The number of benzene rings is 2. The van der Waals surface area contributed by atoms with E-state index in [0.29, 0.717) is 0 Å². The minimum absolute atomic E-state index is 0.0332. The van der Waals surface area contributed by atoms with E-state index in [1.54, 1.807) is 0 Å². The molecule has 2 aromatic carbocycles. The van der Waals surface area contributed by atoms with Crippen molar-refractivity contribution in [1.29, 1.82) is 0 Å². The number of nitrogen functional groups attached to an aromatic ring is 1. The number of carbonyl (C=O) groups excluding carboxylic acids is 1. The molecule has 0 radical (unpaired) electrons. The van der Waals surface area contributed by atoms with Crippen molar-refractivity contribution in [2.45, 2.75) is 0 Å². The molecule has 0 saturated carbocycles. The van der Waals surface area contributed by atoms with Gasteiger partial charge in [-0.25, -0.2) is 4.39 Å². The summed E-state index contributed by atoms with van der Waals surface area (Å²) >= 11 is 17.6. The molecule has 0 saturated heterocycles. The van der Waals surface area contributed by atoms with Crippen LogP contribution in [0.2, 0.25) is 15.1 Å². The molecule has 3 nitrogen and oxygen atoms in total. The second-order valence-corrected chi connectivity index (χ2v) is 5.11. The molecule has 0 aliphatic rings. The van der Waals surface area contributed by atoms with Crippen LogP contribution in [-0.4, -0.2) is 5.91 Å². The van der Waals surface area contributed by atoms with Crippen LogP contribution in [-0.2, 0) is 0 Å². The smallest absolute Gasteiger partial charge is 0.257 e. The molecule has 0 aromatic heterocycles. The first-order valence-electron chi connectivity index (χ1n) is 5.40. The van der Waals surface area contributed by atoms with E-state index in [2.05, 4.69) is 5.32 Å². The summed E-state index contributed by atoms with van der Waals surface area (Å²) in [7, 11) is 0. The van der Waals surface area contributed by atoms with Gasteiger partial charge in [0.2, 0.25) is 0 Å². The molecule has 20 heavy (non-hydrogen) atoms. The van der Waals surface area contributed by atoms with Crippen LogP contribution in [0.4, 0.5) is 15.8 Å². The van der Waals surface area contributed by atoms with E-state index in [0.717, 1.165) is 0 Å². The zero-order chi connectivity index (χ0) is 14.9. The number of halogens is 4. The van der Waals surface area contributed by atoms with E-state index in [9.17, 15) is 9.18 Å². The van der Waals surface area contributed by atoms with Crippen LogP contribution in [0.1, 0.15) is 10.4 Å². The van der Waals surface area contributed by atoms with E-state index in [4.69, 9.17) is 40.5 Å². The lowest BCUT2D eigenvalue weighted by Gasteiger charge is -2.10. The number of hydrogen-bond donors (Lipinski definition) is 2. The molecule has 0 bridgehead atoms. The van der Waals surface area contributed by atoms with Crippen LogP contribution in [0.25, 0.3) is 0 Å². The molecule has 2 aromatic rings. The predicted octanol–water partition coefficient (Wildman–Crippen LogP) is 4.62. The van der Waals surface area contributed by atoms with Crippen molar-refractivity contribution in [2.24, 2.45) is 0 Å². The van der Waals surface area contributed by atoms with Gasteiger partial charge in [0.1, 0.15) is 5.82 Å². The molecule has 0 unspecified atom stereocenters. The first-order valence-corrected chi connectivity index (χ1v) is 6.53. The Kier molecular flexibility index (Phi) is 4.38. The first-order chi connectivity index (χ1) is 9.40. The minimum atomic E-state index is -0.656. The lowest BCUT2D eigenvalue weighted by Crippen LogP contribution is -2.14. The fourth-order valence-electron chi connectivity index (χ4n) is 1.57. The van der Waals surface area contributed by atoms with E-state index in [1.165, 1.54) is 30.3 Å². The summed E-state index contributed by atoms with van der Waals surface area (Å²) in [5, 5.41) is 2.59. The minimum Gasteiger partial charge on any atom is -0.399 e. The number of anilines is 2. The number of hydrogen-bond acceptors (Lipinski definition) is 2. The van der Waals surface area contributed by atoms with Gasteiger partial charge >= 0.3 is 0 Å².